The Kier molecular flexibility index (Phi) is 5.02. The van der Waals surface area contributed by atoms with E-state index in [9.17, 15) is 9.59 Å². The van der Waals surface area contributed by atoms with Gasteiger partial charge in [-0.2, -0.15) is 0 Å². The molecule has 0 saturated heterocycles. The summed E-state index contributed by atoms with van der Waals surface area (Å²) in [4.78, 5) is 28.7. The third kappa shape index (κ3) is 3.59. The lowest BCUT2D eigenvalue weighted by molar-refractivity contribution is -0.152. The number of aryl methyl sites for hydroxylation is 1. The monoisotopic (exact) mass is 353 g/mol. The minimum absolute atomic E-state index is 0.222. The first-order chi connectivity index (χ1) is 12.5. The molecular formula is C20H19NO5. The molecule has 0 aliphatic rings. The lowest BCUT2D eigenvalue weighted by atomic mass is 10.1. The minimum Gasteiger partial charge on any atom is -0.463 e. The van der Waals surface area contributed by atoms with Crippen LogP contribution in [0.2, 0.25) is 0 Å². The van der Waals surface area contributed by atoms with Crippen LogP contribution in [0, 0.1) is 6.92 Å². The number of carbonyl (C=O) groups is 2. The summed E-state index contributed by atoms with van der Waals surface area (Å²) in [5.41, 5.74) is 3.18. The second kappa shape index (κ2) is 7.39. The number of hydrogen-bond donors (Lipinski definition) is 0. The topological polar surface area (TPSA) is 78.6 Å². The quantitative estimate of drug-likeness (QED) is 0.647. The molecule has 0 saturated carbocycles. The first-order valence-electron chi connectivity index (χ1n) is 8.33. The van der Waals surface area contributed by atoms with Crippen LogP contribution in [0.1, 0.15) is 29.8 Å². The number of benzene rings is 2. The highest BCUT2D eigenvalue weighted by Crippen LogP contribution is 2.28. The molecule has 0 radical (unpaired) electrons. The number of carbonyl (C=O) groups excluding carboxylic acids is 2. The molecule has 1 unspecified atom stereocenters. The van der Waals surface area contributed by atoms with E-state index >= 15 is 0 Å². The van der Waals surface area contributed by atoms with Crippen molar-refractivity contribution in [2.24, 2.45) is 0 Å². The van der Waals surface area contributed by atoms with Crippen LogP contribution in [0.3, 0.4) is 0 Å². The molecule has 26 heavy (non-hydrogen) atoms. The summed E-state index contributed by atoms with van der Waals surface area (Å²) in [5.74, 6) is -0.905. The van der Waals surface area contributed by atoms with Gasteiger partial charge >= 0.3 is 11.9 Å². The van der Waals surface area contributed by atoms with Crippen molar-refractivity contribution < 1.29 is 23.5 Å². The van der Waals surface area contributed by atoms with Crippen molar-refractivity contribution >= 4 is 23.0 Å². The van der Waals surface area contributed by atoms with Crippen molar-refractivity contribution in [1.29, 1.82) is 0 Å². The number of oxazole rings is 1. The Morgan fingerprint density at radius 2 is 1.96 bits per heavy atom. The number of fused-ring (bicyclic) bond motifs is 1. The highest BCUT2D eigenvalue weighted by molar-refractivity contribution is 5.97. The molecule has 0 amide bonds. The molecule has 134 valence electrons. The van der Waals surface area contributed by atoms with Crippen molar-refractivity contribution in [3.63, 3.8) is 0 Å². The van der Waals surface area contributed by atoms with E-state index in [2.05, 4.69) is 4.98 Å². The van der Waals surface area contributed by atoms with Gasteiger partial charge in [-0.25, -0.2) is 14.6 Å². The third-order valence-electron chi connectivity index (χ3n) is 3.82. The van der Waals surface area contributed by atoms with Crippen molar-refractivity contribution in [1.82, 2.24) is 4.98 Å². The normalized spacial score (nSPS) is 12.0. The zero-order valence-electron chi connectivity index (χ0n) is 14.8. The summed E-state index contributed by atoms with van der Waals surface area (Å²) in [5, 5.41) is 0. The van der Waals surface area contributed by atoms with Gasteiger partial charge in [-0.3, -0.25) is 0 Å². The zero-order valence-corrected chi connectivity index (χ0v) is 14.8. The second-order valence-corrected chi connectivity index (χ2v) is 5.84. The molecule has 3 rings (SSSR count). The molecule has 0 aliphatic heterocycles. The molecule has 1 heterocycles. The van der Waals surface area contributed by atoms with Gasteiger partial charge < -0.3 is 13.9 Å². The van der Waals surface area contributed by atoms with Crippen LogP contribution in [0.25, 0.3) is 22.6 Å². The van der Waals surface area contributed by atoms with Crippen molar-refractivity contribution in [2.45, 2.75) is 26.9 Å². The maximum atomic E-state index is 12.5. The van der Waals surface area contributed by atoms with Crippen LogP contribution >= 0.6 is 0 Å². The predicted molar refractivity (Wildman–Crippen MR) is 95.7 cm³/mol. The summed E-state index contributed by atoms with van der Waals surface area (Å²) in [6.07, 6.45) is -0.998. The van der Waals surface area contributed by atoms with E-state index in [0.717, 1.165) is 5.56 Å². The van der Waals surface area contributed by atoms with Crippen LogP contribution in [0.5, 0.6) is 0 Å². The third-order valence-corrected chi connectivity index (χ3v) is 3.82. The molecular weight excluding hydrogens is 334 g/mol. The maximum absolute atomic E-state index is 12.5. The molecule has 2 aromatic carbocycles. The average Bonchev–Trinajstić information content (AvgIpc) is 3.04. The Bertz CT molecular complexity index is 960. The van der Waals surface area contributed by atoms with Gasteiger partial charge in [-0.05, 0) is 50.6 Å². The van der Waals surface area contributed by atoms with Gasteiger partial charge in [0.1, 0.15) is 5.52 Å². The second-order valence-electron chi connectivity index (χ2n) is 5.84. The molecule has 1 atom stereocenters. The molecule has 0 aliphatic carbocycles. The Morgan fingerprint density at radius 3 is 2.73 bits per heavy atom. The van der Waals surface area contributed by atoms with Crippen LogP contribution in [-0.2, 0) is 14.3 Å². The maximum Gasteiger partial charge on any atom is 0.347 e. The van der Waals surface area contributed by atoms with Crippen molar-refractivity contribution in [2.75, 3.05) is 6.61 Å². The predicted octanol–water partition coefficient (Wildman–Crippen LogP) is 3.91. The van der Waals surface area contributed by atoms with Crippen LogP contribution < -0.4 is 0 Å². The van der Waals surface area contributed by atoms with Gasteiger partial charge in [0.25, 0.3) is 0 Å². The Balaban J connectivity index is 1.92. The highest BCUT2D eigenvalue weighted by Gasteiger charge is 2.23. The molecule has 0 fully saturated rings. The van der Waals surface area contributed by atoms with Crippen LogP contribution in [0.4, 0.5) is 0 Å². The highest BCUT2D eigenvalue weighted by atomic mass is 16.6. The van der Waals surface area contributed by atoms with E-state index in [-0.39, 0.29) is 12.2 Å². The molecule has 6 heteroatoms. The van der Waals surface area contributed by atoms with Crippen molar-refractivity contribution in [3.05, 3.63) is 53.6 Å². The van der Waals surface area contributed by atoms with Gasteiger partial charge in [-0.1, -0.05) is 18.2 Å². The number of nitrogens with zero attached hydrogens (tertiary/aromatic N) is 1. The van der Waals surface area contributed by atoms with Crippen LogP contribution in [0.15, 0.2) is 46.9 Å². The molecule has 0 spiro atoms. The molecule has 3 aromatic rings. The largest absolute Gasteiger partial charge is 0.463 e. The van der Waals surface area contributed by atoms with Gasteiger partial charge in [0.15, 0.2) is 11.7 Å². The number of esters is 2. The molecule has 1 aromatic heterocycles. The lowest BCUT2D eigenvalue weighted by Crippen LogP contribution is -2.26. The van der Waals surface area contributed by atoms with Crippen LogP contribution in [-0.4, -0.2) is 29.6 Å². The number of aromatic nitrogens is 1. The van der Waals surface area contributed by atoms with E-state index in [0.29, 0.717) is 22.6 Å². The van der Waals surface area contributed by atoms with E-state index < -0.39 is 18.0 Å². The standard InChI is InChI=1S/C20H19NO5/c1-4-24-19(22)13(3)25-20(23)15-8-6-5-7-14(15)18-21-16-11-12(2)9-10-17(16)26-18/h5-11,13H,4H2,1-3H3. The molecule has 0 bridgehead atoms. The van der Waals surface area contributed by atoms with E-state index in [1.54, 1.807) is 31.2 Å². The van der Waals surface area contributed by atoms with Gasteiger partial charge in [0.2, 0.25) is 5.89 Å². The summed E-state index contributed by atoms with van der Waals surface area (Å²) < 4.78 is 15.9. The van der Waals surface area contributed by atoms with E-state index in [1.807, 2.05) is 25.1 Å². The smallest absolute Gasteiger partial charge is 0.347 e. The van der Waals surface area contributed by atoms with Gasteiger partial charge in [0, 0.05) is 0 Å². The summed E-state index contributed by atoms with van der Waals surface area (Å²) >= 11 is 0. The minimum atomic E-state index is -0.998. The Hall–Kier alpha value is -3.15. The Labute approximate surface area is 150 Å². The first kappa shape index (κ1) is 17.7. The average molecular weight is 353 g/mol. The first-order valence-corrected chi connectivity index (χ1v) is 8.33. The fourth-order valence-electron chi connectivity index (χ4n) is 2.53. The molecule has 0 N–H and O–H groups in total. The lowest BCUT2D eigenvalue weighted by Gasteiger charge is -2.13. The summed E-state index contributed by atoms with van der Waals surface area (Å²) in [6, 6.07) is 12.5. The molecule has 6 nitrogen and oxygen atoms in total. The fourth-order valence-corrected chi connectivity index (χ4v) is 2.53. The Morgan fingerprint density at radius 1 is 1.19 bits per heavy atom. The summed E-state index contributed by atoms with van der Waals surface area (Å²) in [7, 11) is 0. The van der Waals surface area contributed by atoms with Gasteiger partial charge in [0.05, 0.1) is 17.7 Å². The zero-order chi connectivity index (χ0) is 18.7. The van der Waals surface area contributed by atoms with E-state index in [4.69, 9.17) is 13.9 Å². The number of ether oxygens (including phenoxy) is 2. The SMILES string of the molecule is CCOC(=O)C(C)OC(=O)c1ccccc1-c1nc2cc(C)ccc2o1. The van der Waals surface area contributed by atoms with Gasteiger partial charge in [-0.15, -0.1) is 0 Å². The fraction of sp³-hybridized carbons (Fsp3) is 0.250. The van der Waals surface area contributed by atoms with Crippen molar-refractivity contribution in [3.8, 4) is 11.5 Å². The van der Waals surface area contributed by atoms with E-state index in [1.165, 1.54) is 6.92 Å². The number of hydrogen-bond acceptors (Lipinski definition) is 6. The summed E-state index contributed by atoms with van der Waals surface area (Å²) in [6.45, 7) is 5.35. The number of rotatable bonds is 5.